The van der Waals surface area contributed by atoms with E-state index in [4.69, 9.17) is 4.98 Å². The number of amides is 1. The van der Waals surface area contributed by atoms with Gasteiger partial charge in [-0.3, -0.25) is 9.69 Å². The topological polar surface area (TPSA) is 78.8 Å². The molecule has 1 aromatic carbocycles. The number of hydrogen-bond donors (Lipinski definition) is 0. The first-order valence-electron chi connectivity index (χ1n) is 11.2. The summed E-state index contributed by atoms with van der Waals surface area (Å²) < 4.78 is 28.2. The molecule has 10 heteroatoms. The summed E-state index contributed by atoms with van der Waals surface area (Å²) in [6, 6.07) is 9.28. The van der Waals surface area contributed by atoms with Gasteiger partial charge in [0.2, 0.25) is 15.9 Å². The van der Waals surface area contributed by atoms with Gasteiger partial charge < -0.3 is 9.47 Å². The number of nitrogens with zero attached hydrogens (tertiary/aromatic N) is 5. The third-order valence-electron chi connectivity index (χ3n) is 6.14. The molecule has 1 aliphatic heterocycles. The summed E-state index contributed by atoms with van der Waals surface area (Å²) in [6.07, 6.45) is 0.934. The predicted octanol–water partition coefficient (Wildman–Crippen LogP) is 2.65. The zero-order valence-corrected chi connectivity index (χ0v) is 21.0. The maximum Gasteiger partial charge on any atom is 0.242 e. The van der Waals surface area contributed by atoms with Gasteiger partial charge in [0.25, 0.3) is 0 Å². The highest BCUT2D eigenvalue weighted by Gasteiger charge is 2.23. The number of hydrogen-bond acceptors (Lipinski definition) is 6. The van der Waals surface area contributed by atoms with Crippen molar-refractivity contribution in [3.8, 4) is 0 Å². The molecule has 0 N–H and O–H groups in total. The van der Waals surface area contributed by atoms with Gasteiger partial charge in [-0.05, 0) is 36.6 Å². The van der Waals surface area contributed by atoms with Crippen molar-refractivity contribution in [2.45, 2.75) is 37.8 Å². The van der Waals surface area contributed by atoms with E-state index in [1.807, 2.05) is 11.8 Å². The molecule has 1 fully saturated rings. The summed E-state index contributed by atoms with van der Waals surface area (Å²) >= 11 is 1.77. The number of carbonyl (C=O) groups is 1. The Labute approximate surface area is 199 Å². The lowest BCUT2D eigenvalue weighted by Gasteiger charge is -2.34. The van der Waals surface area contributed by atoms with Crippen molar-refractivity contribution in [3.05, 3.63) is 46.4 Å². The lowest BCUT2D eigenvalue weighted by Crippen LogP contribution is -2.48. The summed E-state index contributed by atoms with van der Waals surface area (Å²) in [4.78, 5) is 23.5. The molecule has 33 heavy (non-hydrogen) atoms. The standard InChI is InChI=1S/C23H31N5O3S2/c1-4-28-21-8-7-19(33(30,31)25(2)3)16-20(21)24-22(28)9-10-23(29)27-13-11-26(12-14-27)17-18-6-5-15-32-18/h5-8,15-16H,4,9-14,17H2,1-3H3. The minimum absolute atomic E-state index is 0.149. The van der Waals surface area contributed by atoms with Crippen LogP contribution in [0.1, 0.15) is 24.0 Å². The van der Waals surface area contributed by atoms with Crippen LogP contribution in [0.3, 0.4) is 0 Å². The predicted molar refractivity (Wildman–Crippen MR) is 131 cm³/mol. The van der Waals surface area contributed by atoms with Crippen molar-refractivity contribution >= 4 is 38.3 Å². The smallest absolute Gasteiger partial charge is 0.242 e. The third kappa shape index (κ3) is 5.13. The normalized spacial score (nSPS) is 15.6. The maximum absolute atomic E-state index is 12.9. The van der Waals surface area contributed by atoms with E-state index in [1.165, 1.54) is 23.3 Å². The second-order valence-corrected chi connectivity index (χ2v) is 11.6. The molecular weight excluding hydrogens is 458 g/mol. The zero-order valence-electron chi connectivity index (χ0n) is 19.4. The number of sulfonamides is 1. The van der Waals surface area contributed by atoms with E-state index < -0.39 is 10.0 Å². The fourth-order valence-electron chi connectivity index (χ4n) is 4.23. The van der Waals surface area contributed by atoms with Gasteiger partial charge in [-0.25, -0.2) is 17.7 Å². The van der Waals surface area contributed by atoms with E-state index in [2.05, 4.69) is 27.0 Å². The highest BCUT2D eigenvalue weighted by Crippen LogP contribution is 2.23. The average molecular weight is 490 g/mol. The van der Waals surface area contributed by atoms with Gasteiger partial charge in [0.05, 0.1) is 15.9 Å². The van der Waals surface area contributed by atoms with Crippen LogP contribution in [0, 0.1) is 0 Å². The molecule has 2 aromatic heterocycles. The van der Waals surface area contributed by atoms with Gasteiger partial charge in [0, 0.05) is 71.1 Å². The molecule has 3 aromatic rings. The molecule has 3 heterocycles. The number of benzene rings is 1. The van der Waals surface area contributed by atoms with Crippen molar-refractivity contribution in [2.75, 3.05) is 40.3 Å². The maximum atomic E-state index is 12.9. The van der Waals surface area contributed by atoms with Crippen LogP contribution in [0.4, 0.5) is 0 Å². The Morgan fingerprint density at radius 2 is 1.91 bits per heavy atom. The minimum Gasteiger partial charge on any atom is -0.340 e. The number of carbonyl (C=O) groups excluding carboxylic acids is 1. The summed E-state index contributed by atoms with van der Waals surface area (Å²) in [7, 11) is -0.486. The molecule has 178 valence electrons. The van der Waals surface area contributed by atoms with E-state index in [9.17, 15) is 13.2 Å². The molecule has 0 atom stereocenters. The van der Waals surface area contributed by atoms with Gasteiger partial charge in [0.1, 0.15) is 5.82 Å². The van der Waals surface area contributed by atoms with Gasteiger partial charge >= 0.3 is 0 Å². The van der Waals surface area contributed by atoms with E-state index in [-0.39, 0.29) is 10.8 Å². The number of imidazole rings is 1. The zero-order chi connectivity index (χ0) is 23.6. The number of rotatable bonds is 8. The van der Waals surface area contributed by atoms with Crippen molar-refractivity contribution in [1.29, 1.82) is 0 Å². The first-order chi connectivity index (χ1) is 15.8. The van der Waals surface area contributed by atoms with Crippen molar-refractivity contribution in [2.24, 2.45) is 0 Å². The number of thiophene rings is 1. The Bertz CT molecular complexity index is 1210. The lowest BCUT2D eigenvalue weighted by atomic mass is 10.2. The minimum atomic E-state index is -3.52. The molecule has 4 rings (SSSR count). The van der Waals surface area contributed by atoms with Crippen LogP contribution in [0.2, 0.25) is 0 Å². The largest absolute Gasteiger partial charge is 0.340 e. The molecule has 0 saturated carbocycles. The SMILES string of the molecule is CCn1c(CCC(=O)N2CCN(Cc3cccs3)CC2)nc2cc(S(=O)(=O)N(C)C)ccc21. The van der Waals surface area contributed by atoms with Gasteiger partial charge in [0.15, 0.2) is 0 Å². The number of piperazine rings is 1. The molecule has 1 saturated heterocycles. The van der Waals surface area contributed by atoms with Gasteiger partial charge in [-0.1, -0.05) is 6.07 Å². The Morgan fingerprint density at radius 3 is 2.55 bits per heavy atom. The van der Waals surface area contributed by atoms with Crippen molar-refractivity contribution in [3.63, 3.8) is 0 Å². The monoisotopic (exact) mass is 489 g/mol. The second-order valence-electron chi connectivity index (χ2n) is 8.45. The highest BCUT2D eigenvalue weighted by molar-refractivity contribution is 7.89. The Morgan fingerprint density at radius 1 is 1.15 bits per heavy atom. The molecule has 1 aliphatic rings. The third-order valence-corrected chi connectivity index (χ3v) is 8.81. The second kappa shape index (κ2) is 9.92. The fraction of sp³-hybridized carbons (Fsp3) is 0.478. The van der Waals surface area contributed by atoms with Crippen LogP contribution >= 0.6 is 11.3 Å². The molecular formula is C23H31N5O3S2. The summed E-state index contributed by atoms with van der Waals surface area (Å²) in [5.74, 6) is 0.966. The molecule has 8 nitrogen and oxygen atoms in total. The molecule has 0 spiro atoms. The first-order valence-corrected chi connectivity index (χ1v) is 13.6. The van der Waals surface area contributed by atoms with Crippen molar-refractivity contribution in [1.82, 2.24) is 23.7 Å². The Hall–Kier alpha value is -2.27. The molecule has 0 aliphatic carbocycles. The van der Waals surface area contributed by atoms with E-state index in [1.54, 1.807) is 29.5 Å². The van der Waals surface area contributed by atoms with Crippen LogP contribution in [0.5, 0.6) is 0 Å². The van der Waals surface area contributed by atoms with Crippen LogP contribution in [0.25, 0.3) is 11.0 Å². The van der Waals surface area contributed by atoms with E-state index >= 15 is 0 Å². The Kier molecular flexibility index (Phi) is 7.18. The molecule has 0 radical (unpaired) electrons. The summed E-state index contributed by atoms with van der Waals surface area (Å²) in [6.45, 7) is 6.97. The summed E-state index contributed by atoms with van der Waals surface area (Å²) in [5.41, 5.74) is 1.53. The van der Waals surface area contributed by atoms with Crippen LogP contribution in [-0.2, 0) is 34.3 Å². The molecule has 0 unspecified atom stereocenters. The number of aryl methyl sites for hydroxylation is 2. The van der Waals surface area contributed by atoms with Crippen LogP contribution < -0.4 is 0 Å². The van der Waals surface area contributed by atoms with Crippen LogP contribution in [-0.4, -0.2) is 78.3 Å². The number of aromatic nitrogens is 2. The molecule has 0 bridgehead atoms. The van der Waals surface area contributed by atoms with Gasteiger partial charge in [-0.15, -0.1) is 11.3 Å². The Balaban J connectivity index is 1.40. The number of fused-ring (bicyclic) bond motifs is 1. The summed E-state index contributed by atoms with van der Waals surface area (Å²) in [5, 5.41) is 2.10. The van der Waals surface area contributed by atoms with Gasteiger partial charge in [-0.2, -0.15) is 0 Å². The first kappa shape index (κ1) is 23.9. The quantitative estimate of drug-likeness (QED) is 0.486. The fourth-order valence-corrected chi connectivity index (χ4v) is 5.90. The van der Waals surface area contributed by atoms with E-state index in [0.29, 0.717) is 24.9 Å². The van der Waals surface area contributed by atoms with E-state index in [0.717, 1.165) is 44.1 Å². The van der Waals surface area contributed by atoms with Crippen molar-refractivity contribution < 1.29 is 13.2 Å². The molecule has 1 amide bonds. The lowest BCUT2D eigenvalue weighted by molar-refractivity contribution is -0.133. The average Bonchev–Trinajstić information content (AvgIpc) is 3.44. The van der Waals surface area contributed by atoms with Crippen LogP contribution in [0.15, 0.2) is 40.6 Å². The highest BCUT2D eigenvalue weighted by atomic mass is 32.2.